The monoisotopic (exact) mass is 372 g/mol. The zero-order valence-corrected chi connectivity index (χ0v) is 15.0. The first-order chi connectivity index (χ1) is 13.6. The van der Waals surface area contributed by atoms with Crippen LogP contribution in [-0.2, 0) is 4.79 Å². The molecule has 2 heterocycles. The van der Waals surface area contributed by atoms with Crippen molar-refractivity contribution in [3.63, 3.8) is 0 Å². The van der Waals surface area contributed by atoms with Gasteiger partial charge in [0.2, 0.25) is 11.2 Å². The minimum Gasteiger partial charge on any atom is -0.465 e. The number of benzene rings is 2. The largest absolute Gasteiger partial charge is 0.465 e. The van der Waals surface area contributed by atoms with E-state index in [2.05, 4.69) is 0 Å². The summed E-state index contributed by atoms with van der Waals surface area (Å²) in [5.41, 5.74) is 1.58. The fourth-order valence-corrected chi connectivity index (χ4v) is 2.84. The second kappa shape index (κ2) is 7.40. The van der Waals surface area contributed by atoms with Crippen molar-refractivity contribution in [2.75, 3.05) is 0 Å². The Morgan fingerprint density at radius 2 is 1.86 bits per heavy atom. The fourth-order valence-electron chi connectivity index (χ4n) is 2.84. The molecule has 0 unspecified atom stereocenters. The van der Waals surface area contributed by atoms with E-state index in [-0.39, 0.29) is 11.5 Å². The molecule has 0 aliphatic heterocycles. The highest BCUT2D eigenvalue weighted by molar-refractivity contribution is 5.90. The summed E-state index contributed by atoms with van der Waals surface area (Å²) in [5, 5.41) is 0.359. The molecule has 28 heavy (non-hydrogen) atoms. The number of ether oxygens (including phenoxy) is 1. The second-order valence-electron chi connectivity index (χ2n) is 6.22. The number of hydrogen-bond donors (Lipinski definition) is 0. The van der Waals surface area contributed by atoms with Crippen LogP contribution in [0.5, 0.6) is 5.75 Å². The van der Waals surface area contributed by atoms with E-state index in [1.807, 2.05) is 31.2 Å². The summed E-state index contributed by atoms with van der Waals surface area (Å²) in [4.78, 5) is 25.4. The molecule has 0 amide bonds. The van der Waals surface area contributed by atoms with Gasteiger partial charge in [0.25, 0.3) is 0 Å². The van der Waals surface area contributed by atoms with Crippen LogP contribution in [0.1, 0.15) is 11.3 Å². The lowest BCUT2D eigenvalue weighted by Crippen LogP contribution is -2.14. The van der Waals surface area contributed by atoms with Gasteiger partial charge in [-0.2, -0.15) is 0 Å². The Kier molecular flexibility index (Phi) is 4.64. The lowest BCUT2D eigenvalue weighted by molar-refractivity contribution is -0.129. The summed E-state index contributed by atoms with van der Waals surface area (Å²) in [6, 6.07) is 17.8. The minimum atomic E-state index is -0.701. The summed E-state index contributed by atoms with van der Waals surface area (Å²) < 4.78 is 16.5. The molecular formula is C23H16O5. The molecule has 0 atom stereocenters. The molecule has 0 saturated heterocycles. The van der Waals surface area contributed by atoms with Crippen molar-refractivity contribution in [3.8, 4) is 17.1 Å². The number of carbonyl (C=O) groups is 1. The SMILES string of the molecule is Cc1ccc2oc(-c3ccccc3)c(OC(=O)C=Cc3ccco3)c(=O)c2c1. The van der Waals surface area contributed by atoms with Crippen LogP contribution in [0.3, 0.4) is 0 Å². The predicted molar refractivity (Wildman–Crippen MR) is 106 cm³/mol. The van der Waals surface area contributed by atoms with Crippen LogP contribution in [-0.4, -0.2) is 5.97 Å². The maximum absolute atomic E-state index is 13.1. The van der Waals surface area contributed by atoms with E-state index < -0.39 is 11.4 Å². The summed E-state index contributed by atoms with van der Waals surface area (Å²) in [6.07, 6.45) is 4.17. The van der Waals surface area contributed by atoms with Gasteiger partial charge in [0, 0.05) is 11.6 Å². The number of furan rings is 1. The normalized spacial score (nSPS) is 11.2. The van der Waals surface area contributed by atoms with E-state index in [0.717, 1.165) is 5.56 Å². The predicted octanol–water partition coefficient (Wildman–Crippen LogP) is 4.98. The molecule has 0 N–H and O–H groups in total. The number of rotatable bonds is 4. The van der Waals surface area contributed by atoms with Gasteiger partial charge in [-0.25, -0.2) is 4.79 Å². The third-order valence-corrected chi connectivity index (χ3v) is 4.17. The third kappa shape index (κ3) is 3.50. The number of aryl methyl sites for hydroxylation is 1. The summed E-state index contributed by atoms with van der Waals surface area (Å²) >= 11 is 0. The molecule has 0 aliphatic carbocycles. The average molecular weight is 372 g/mol. The Labute approximate surface area is 160 Å². The van der Waals surface area contributed by atoms with Gasteiger partial charge in [-0.1, -0.05) is 42.0 Å². The van der Waals surface area contributed by atoms with Gasteiger partial charge in [-0.05, 0) is 37.3 Å². The van der Waals surface area contributed by atoms with Crippen molar-refractivity contribution in [2.24, 2.45) is 0 Å². The molecule has 0 radical (unpaired) electrons. The van der Waals surface area contributed by atoms with Gasteiger partial charge in [0.1, 0.15) is 11.3 Å². The van der Waals surface area contributed by atoms with Gasteiger partial charge in [0.15, 0.2) is 5.76 Å². The maximum atomic E-state index is 13.1. The van der Waals surface area contributed by atoms with Crippen molar-refractivity contribution in [3.05, 3.63) is 94.5 Å². The summed E-state index contributed by atoms with van der Waals surface area (Å²) in [5.74, 6) is -0.130. The van der Waals surface area contributed by atoms with Gasteiger partial charge in [0.05, 0.1) is 11.6 Å². The standard InChI is InChI=1S/C23H16O5/c1-15-9-11-19-18(14-15)21(25)23(22(27-19)16-6-3-2-4-7-16)28-20(24)12-10-17-8-5-13-26-17/h2-14H,1H3. The van der Waals surface area contributed by atoms with Crippen molar-refractivity contribution in [2.45, 2.75) is 6.92 Å². The van der Waals surface area contributed by atoms with Crippen molar-refractivity contribution >= 4 is 23.0 Å². The second-order valence-corrected chi connectivity index (χ2v) is 6.22. The molecule has 0 aliphatic rings. The van der Waals surface area contributed by atoms with E-state index in [4.69, 9.17) is 13.6 Å². The molecule has 2 aromatic heterocycles. The highest BCUT2D eigenvalue weighted by Gasteiger charge is 2.19. The van der Waals surface area contributed by atoms with Crippen LogP contribution >= 0.6 is 0 Å². The molecule has 0 fully saturated rings. The highest BCUT2D eigenvalue weighted by Crippen LogP contribution is 2.31. The first-order valence-corrected chi connectivity index (χ1v) is 8.68. The van der Waals surface area contributed by atoms with E-state index in [1.165, 1.54) is 18.4 Å². The molecule has 4 aromatic rings. The molecule has 5 heteroatoms. The molecule has 138 valence electrons. The average Bonchev–Trinajstić information content (AvgIpc) is 3.23. The molecule has 4 rings (SSSR count). The Balaban J connectivity index is 1.81. The van der Waals surface area contributed by atoms with Gasteiger partial charge in [-0.15, -0.1) is 0 Å². The van der Waals surface area contributed by atoms with Crippen LogP contribution in [0.25, 0.3) is 28.4 Å². The lowest BCUT2D eigenvalue weighted by Gasteiger charge is -2.10. The first kappa shape index (κ1) is 17.5. The summed E-state index contributed by atoms with van der Waals surface area (Å²) in [6.45, 7) is 1.88. The van der Waals surface area contributed by atoms with Crippen LogP contribution in [0.4, 0.5) is 0 Å². The van der Waals surface area contributed by atoms with E-state index in [0.29, 0.717) is 22.3 Å². The molecule has 0 spiro atoms. The Hall–Kier alpha value is -3.86. The molecule has 5 nitrogen and oxygen atoms in total. The maximum Gasteiger partial charge on any atom is 0.336 e. The van der Waals surface area contributed by atoms with Gasteiger partial charge >= 0.3 is 5.97 Å². The van der Waals surface area contributed by atoms with Gasteiger partial charge < -0.3 is 13.6 Å². The van der Waals surface area contributed by atoms with Crippen molar-refractivity contribution < 1.29 is 18.4 Å². The molecule has 0 bridgehead atoms. The van der Waals surface area contributed by atoms with Gasteiger partial charge in [-0.3, -0.25) is 4.79 Å². The summed E-state index contributed by atoms with van der Waals surface area (Å²) in [7, 11) is 0. The number of carbonyl (C=O) groups excluding carboxylic acids is 1. The lowest BCUT2D eigenvalue weighted by atomic mass is 10.1. The first-order valence-electron chi connectivity index (χ1n) is 8.68. The Morgan fingerprint density at radius 1 is 1.04 bits per heavy atom. The van der Waals surface area contributed by atoms with E-state index >= 15 is 0 Å². The van der Waals surface area contributed by atoms with Crippen LogP contribution in [0.15, 0.2) is 86.6 Å². The number of hydrogen-bond acceptors (Lipinski definition) is 5. The van der Waals surface area contributed by atoms with Crippen LogP contribution < -0.4 is 10.2 Å². The third-order valence-electron chi connectivity index (χ3n) is 4.17. The Morgan fingerprint density at radius 3 is 2.61 bits per heavy atom. The topological polar surface area (TPSA) is 69.7 Å². The van der Waals surface area contributed by atoms with Crippen LogP contribution in [0, 0.1) is 6.92 Å². The zero-order valence-electron chi connectivity index (χ0n) is 15.0. The number of esters is 1. The fraction of sp³-hybridized carbons (Fsp3) is 0.0435. The van der Waals surface area contributed by atoms with Crippen molar-refractivity contribution in [1.29, 1.82) is 0 Å². The Bertz CT molecular complexity index is 1220. The minimum absolute atomic E-state index is 0.140. The van der Waals surface area contributed by atoms with E-state index in [1.54, 1.807) is 36.4 Å². The number of fused-ring (bicyclic) bond motifs is 1. The van der Waals surface area contributed by atoms with E-state index in [9.17, 15) is 9.59 Å². The molecular weight excluding hydrogens is 356 g/mol. The van der Waals surface area contributed by atoms with Crippen LogP contribution in [0.2, 0.25) is 0 Å². The highest BCUT2D eigenvalue weighted by atomic mass is 16.5. The zero-order chi connectivity index (χ0) is 19.5. The molecule has 0 saturated carbocycles. The quantitative estimate of drug-likeness (QED) is 0.373. The molecule has 2 aromatic carbocycles. The van der Waals surface area contributed by atoms with Crippen molar-refractivity contribution in [1.82, 2.24) is 0 Å². The smallest absolute Gasteiger partial charge is 0.336 e.